The van der Waals surface area contributed by atoms with Crippen molar-refractivity contribution >= 4 is 23.8 Å². The zero-order valence-electron chi connectivity index (χ0n) is 25.1. The van der Waals surface area contributed by atoms with Gasteiger partial charge in [-0.3, -0.25) is 19.3 Å². The Hall–Kier alpha value is -3.58. The molecule has 1 saturated heterocycles. The van der Waals surface area contributed by atoms with E-state index in [9.17, 15) is 19.2 Å². The molecule has 0 radical (unpaired) electrons. The Morgan fingerprint density at radius 3 is 2.54 bits per heavy atom. The van der Waals surface area contributed by atoms with Crippen molar-refractivity contribution in [3.63, 3.8) is 0 Å². The summed E-state index contributed by atoms with van der Waals surface area (Å²) < 4.78 is 11.0. The van der Waals surface area contributed by atoms with Crippen molar-refractivity contribution in [1.82, 2.24) is 20.4 Å². The normalized spacial score (nSPS) is 20.6. The van der Waals surface area contributed by atoms with Crippen LogP contribution in [0.4, 0.5) is 4.79 Å². The average Bonchev–Trinajstić information content (AvgIpc) is 3.43. The SMILES string of the molecule is C#CCO[C@H](C)[C@H](NC(=O)C(C)N(C)C(=O)OC(C)(C)C)C(=O)N1CCCC1C(=O)NC1CCCc2ccccc21. The molecule has 3 unspecified atom stereocenters. The van der Waals surface area contributed by atoms with E-state index in [1.165, 1.54) is 22.4 Å². The van der Waals surface area contributed by atoms with Crippen molar-refractivity contribution < 1.29 is 28.7 Å². The van der Waals surface area contributed by atoms with E-state index in [-0.39, 0.29) is 18.6 Å². The third-order valence-corrected chi connectivity index (χ3v) is 7.63. The van der Waals surface area contributed by atoms with Crippen LogP contribution in [-0.4, -0.2) is 83.6 Å². The van der Waals surface area contributed by atoms with Gasteiger partial charge in [0.15, 0.2) is 0 Å². The Balaban J connectivity index is 1.74. The molecule has 0 aromatic heterocycles. The molecule has 1 aliphatic carbocycles. The zero-order chi connectivity index (χ0) is 30.3. The predicted octanol–water partition coefficient (Wildman–Crippen LogP) is 2.95. The molecule has 0 bridgehead atoms. The molecule has 2 aliphatic rings. The maximum absolute atomic E-state index is 13.9. The summed E-state index contributed by atoms with van der Waals surface area (Å²) in [4.78, 5) is 55.9. The van der Waals surface area contributed by atoms with E-state index >= 15 is 0 Å². The number of hydrogen-bond donors (Lipinski definition) is 2. The molecule has 2 N–H and O–H groups in total. The number of benzene rings is 1. The Kier molecular flexibility index (Phi) is 10.8. The fourth-order valence-corrected chi connectivity index (χ4v) is 5.25. The number of fused-ring (bicyclic) bond motifs is 1. The number of nitrogens with zero attached hydrogens (tertiary/aromatic N) is 2. The third kappa shape index (κ3) is 8.23. The van der Waals surface area contributed by atoms with E-state index < -0.39 is 47.7 Å². The number of rotatable bonds is 9. The van der Waals surface area contributed by atoms with Crippen LogP contribution < -0.4 is 10.6 Å². The highest BCUT2D eigenvalue weighted by Gasteiger charge is 2.41. The van der Waals surface area contributed by atoms with E-state index in [1.807, 2.05) is 18.2 Å². The van der Waals surface area contributed by atoms with Crippen molar-refractivity contribution in [3.8, 4) is 12.3 Å². The van der Waals surface area contributed by atoms with Gasteiger partial charge in [-0.15, -0.1) is 6.42 Å². The first-order chi connectivity index (χ1) is 19.3. The lowest BCUT2D eigenvalue weighted by Gasteiger charge is -2.34. The first-order valence-electron chi connectivity index (χ1n) is 14.3. The van der Waals surface area contributed by atoms with E-state index in [0.717, 1.165) is 24.8 Å². The zero-order valence-corrected chi connectivity index (χ0v) is 25.1. The van der Waals surface area contributed by atoms with Gasteiger partial charge in [0.05, 0.1) is 12.1 Å². The molecule has 1 heterocycles. The Bertz CT molecular complexity index is 1160. The summed E-state index contributed by atoms with van der Waals surface area (Å²) in [5, 5.41) is 5.92. The van der Waals surface area contributed by atoms with Crippen molar-refractivity contribution in [1.29, 1.82) is 0 Å². The van der Waals surface area contributed by atoms with Crippen LogP contribution in [0, 0.1) is 12.3 Å². The third-order valence-electron chi connectivity index (χ3n) is 7.63. The lowest BCUT2D eigenvalue weighted by Crippen LogP contribution is -2.60. The molecule has 0 saturated carbocycles. The number of terminal acetylenes is 1. The molecule has 5 atom stereocenters. The lowest BCUT2D eigenvalue weighted by molar-refractivity contribution is -0.145. The average molecular weight is 569 g/mol. The molecule has 1 aromatic rings. The molecule has 224 valence electrons. The molecule has 10 heteroatoms. The minimum absolute atomic E-state index is 0.0564. The van der Waals surface area contributed by atoms with Gasteiger partial charge in [-0.05, 0) is 77.8 Å². The highest BCUT2D eigenvalue weighted by molar-refractivity contribution is 5.94. The monoisotopic (exact) mass is 568 g/mol. The van der Waals surface area contributed by atoms with E-state index in [0.29, 0.717) is 19.4 Å². The van der Waals surface area contributed by atoms with Gasteiger partial charge in [0.2, 0.25) is 17.7 Å². The number of hydrogen-bond acceptors (Lipinski definition) is 6. The van der Waals surface area contributed by atoms with Crippen LogP contribution >= 0.6 is 0 Å². The highest BCUT2D eigenvalue weighted by atomic mass is 16.6. The molecular formula is C31H44N4O6. The van der Waals surface area contributed by atoms with Crippen LogP contribution in [0.25, 0.3) is 0 Å². The van der Waals surface area contributed by atoms with Crippen LogP contribution in [-0.2, 0) is 30.3 Å². The standard InChI is InChI=1S/C31H44N4O6/c1-8-19-40-21(3)26(33-27(36)20(2)34(7)30(39)41-31(4,5)6)29(38)35-18-12-17-25(35)28(37)32-24-16-11-14-22-13-9-10-15-23(22)24/h1,9-10,13,15,20-21,24-26H,11-12,14,16-19H2,2-7H3,(H,32,37)(H,33,36)/t20?,21-,24?,25?,26+/m1/s1. The van der Waals surface area contributed by atoms with Crippen molar-refractivity contribution in [3.05, 3.63) is 35.4 Å². The van der Waals surface area contributed by atoms with Crippen LogP contribution in [0.3, 0.4) is 0 Å². The van der Waals surface area contributed by atoms with Crippen molar-refractivity contribution in [2.24, 2.45) is 0 Å². The second kappa shape index (κ2) is 13.9. The number of amides is 4. The van der Waals surface area contributed by atoms with Gasteiger partial charge < -0.3 is 25.0 Å². The molecular weight excluding hydrogens is 524 g/mol. The molecule has 4 amide bonds. The highest BCUT2D eigenvalue weighted by Crippen LogP contribution is 2.30. The minimum atomic E-state index is -1.12. The summed E-state index contributed by atoms with van der Waals surface area (Å²) in [5.41, 5.74) is 1.62. The predicted molar refractivity (Wildman–Crippen MR) is 155 cm³/mol. The van der Waals surface area contributed by atoms with Gasteiger partial charge in [-0.1, -0.05) is 30.2 Å². The summed E-state index contributed by atoms with van der Waals surface area (Å²) in [6.45, 7) is 8.71. The van der Waals surface area contributed by atoms with Crippen molar-refractivity contribution in [2.45, 2.75) is 103 Å². The number of carbonyl (C=O) groups is 4. The minimum Gasteiger partial charge on any atom is -0.444 e. The maximum Gasteiger partial charge on any atom is 0.410 e. The summed E-state index contributed by atoms with van der Waals surface area (Å²) in [5.74, 6) is 1.17. The lowest BCUT2D eigenvalue weighted by atomic mass is 9.87. The summed E-state index contributed by atoms with van der Waals surface area (Å²) >= 11 is 0. The Labute approximate surface area is 243 Å². The molecule has 0 spiro atoms. The fourth-order valence-electron chi connectivity index (χ4n) is 5.25. The van der Waals surface area contributed by atoms with Gasteiger partial charge in [0.1, 0.15) is 30.3 Å². The van der Waals surface area contributed by atoms with Crippen LogP contribution in [0.5, 0.6) is 0 Å². The van der Waals surface area contributed by atoms with Crippen molar-refractivity contribution in [2.75, 3.05) is 20.2 Å². The Morgan fingerprint density at radius 1 is 1.15 bits per heavy atom. The fraction of sp³-hybridized carbons (Fsp3) is 0.613. The quantitative estimate of drug-likeness (QED) is 0.443. The smallest absolute Gasteiger partial charge is 0.410 e. The van der Waals surface area contributed by atoms with E-state index in [2.05, 4.69) is 22.6 Å². The van der Waals surface area contributed by atoms with Crippen LogP contribution in [0.2, 0.25) is 0 Å². The largest absolute Gasteiger partial charge is 0.444 e. The second-order valence-corrected chi connectivity index (χ2v) is 11.8. The number of ether oxygens (including phenoxy) is 2. The number of carbonyl (C=O) groups excluding carboxylic acids is 4. The maximum atomic E-state index is 13.9. The summed E-state index contributed by atoms with van der Waals surface area (Å²) in [6.07, 6.45) is 7.88. The molecule has 41 heavy (non-hydrogen) atoms. The first-order valence-corrected chi connectivity index (χ1v) is 14.3. The van der Waals surface area contributed by atoms with E-state index in [1.54, 1.807) is 34.6 Å². The van der Waals surface area contributed by atoms with Crippen LogP contribution in [0.15, 0.2) is 24.3 Å². The van der Waals surface area contributed by atoms with Gasteiger partial charge >= 0.3 is 6.09 Å². The number of likely N-dealkylation sites (tertiary alicyclic amines) is 1. The molecule has 10 nitrogen and oxygen atoms in total. The van der Waals surface area contributed by atoms with Gasteiger partial charge in [0.25, 0.3) is 0 Å². The summed E-state index contributed by atoms with van der Waals surface area (Å²) in [6, 6.07) is 5.28. The molecule has 1 aromatic carbocycles. The molecule has 1 aliphatic heterocycles. The van der Waals surface area contributed by atoms with Gasteiger partial charge in [-0.25, -0.2) is 4.79 Å². The summed E-state index contributed by atoms with van der Waals surface area (Å²) in [7, 11) is 1.46. The Morgan fingerprint density at radius 2 is 1.85 bits per heavy atom. The number of nitrogens with one attached hydrogen (secondary N) is 2. The van der Waals surface area contributed by atoms with Gasteiger partial charge in [-0.2, -0.15) is 0 Å². The second-order valence-electron chi connectivity index (χ2n) is 11.8. The van der Waals surface area contributed by atoms with E-state index in [4.69, 9.17) is 15.9 Å². The number of likely N-dealkylation sites (N-methyl/N-ethyl adjacent to an activating group) is 1. The number of aryl methyl sites for hydroxylation is 1. The van der Waals surface area contributed by atoms with Crippen LogP contribution in [0.1, 0.15) is 77.5 Å². The first kappa shape index (κ1) is 31.9. The molecule has 3 rings (SSSR count). The topological polar surface area (TPSA) is 117 Å². The van der Waals surface area contributed by atoms with Gasteiger partial charge in [0, 0.05) is 13.6 Å². The molecule has 1 fully saturated rings.